The molecule has 1 aliphatic rings. The van der Waals surface area contributed by atoms with Crippen molar-refractivity contribution in [2.75, 3.05) is 6.54 Å². The lowest BCUT2D eigenvalue weighted by molar-refractivity contribution is -0.131. The monoisotopic (exact) mass is 503 g/mol. The fourth-order valence-electron chi connectivity index (χ4n) is 3.29. The summed E-state index contributed by atoms with van der Waals surface area (Å²) in [6.07, 6.45) is 2.40. The quantitative estimate of drug-likeness (QED) is 0.504. The predicted octanol–water partition coefficient (Wildman–Crippen LogP) is 4.47. The maximum atomic E-state index is 12.2. The summed E-state index contributed by atoms with van der Waals surface area (Å²) in [6, 6.07) is 7.48. The number of urea groups is 1. The Morgan fingerprint density at radius 3 is 2.34 bits per heavy atom. The third kappa shape index (κ3) is 9.68. The number of nitrogens with zero attached hydrogens (tertiary/aromatic N) is 2. The highest BCUT2D eigenvalue weighted by Gasteiger charge is 2.29. The molecule has 1 fully saturated rings. The molecule has 3 rings (SSSR count). The summed E-state index contributed by atoms with van der Waals surface area (Å²) in [6.45, 7) is 15.2. The predicted molar refractivity (Wildman–Crippen MR) is 143 cm³/mol. The molecule has 4 amide bonds. The van der Waals surface area contributed by atoms with E-state index in [1.807, 2.05) is 66.1 Å². The van der Waals surface area contributed by atoms with Crippen molar-refractivity contribution >= 4 is 29.7 Å². The number of amides is 4. The van der Waals surface area contributed by atoms with E-state index in [-0.39, 0.29) is 23.4 Å². The van der Waals surface area contributed by atoms with Crippen LogP contribution in [0.5, 0.6) is 0 Å². The molecule has 8 nitrogen and oxygen atoms in total. The molecule has 0 saturated carbocycles. The van der Waals surface area contributed by atoms with Crippen molar-refractivity contribution in [3.05, 3.63) is 41.0 Å². The van der Waals surface area contributed by atoms with Crippen molar-refractivity contribution in [3.63, 3.8) is 0 Å². The largest absolute Gasteiger partial charge is 0.352 e. The lowest BCUT2D eigenvalue weighted by Crippen LogP contribution is -2.43. The Balaban J connectivity index is 0.000000433. The van der Waals surface area contributed by atoms with Gasteiger partial charge in [0, 0.05) is 19.1 Å². The maximum absolute atomic E-state index is 12.2. The number of hydrogen-bond donors (Lipinski definition) is 3. The number of primary amides is 1. The van der Waals surface area contributed by atoms with Gasteiger partial charge in [0.25, 0.3) is 0 Å². The van der Waals surface area contributed by atoms with E-state index in [9.17, 15) is 14.4 Å². The SMILES string of the molecule is CC.CC(NC(N)=O)C(C)(C)C.Cc1ncsc1-c1ccc(CNC(=O)C2CCCN2C=O)cc1. The van der Waals surface area contributed by atoms with E-state index >= 15 is 0 Å². The summed E-state index contributed by atoms with van der Waals surface area (Å²) in [7, 11) is 0. The van der Waals surface area contributed by atoms with Crippen LogP contribution in [-0.4, -0.2) is 46.9 Å². The molecular formula is C26H41N5O3S. The highest BCUT2D eigenvalue weighted by molar-refractivity contribution is 7.13. The number of aryl methyl sites for hydroxylation is 1. The number of carbonyl (C=O) groups excluding carboxylic acids is 3. The Bertz CT molecular complexity index is 937. The first-order valence-corrected chi connectivity index (χ1v) is 12.9. The fraction of sp³-hybridized carbons (Fsp3) is 0.538. The normalized spacial score (nSPS) is 15.6. The summed E-state index contributed by atoms with van der Waals surface area (Å²) >= 11 is 1.63. The average molecular weight is 504 g/mol. The molecule has 1 aromatic carbocycles. The number of likely N-dealkylation sites (tertiary alicyclic amines) is 1. The lowest BCUT2D eigenvalue weighted by Gasteiger charge is -2.27. The Hall–Kier alpha value is -2.94. The number of rotatable bonds is 6. The molecule has 35 heavy (non-hydrogen) atoms. The van der Waals surface area contributed by atoms with Gasteiger partial charge in [-0.3, -0.25) is 9.59 Å². The Labute approximate surface area is 213 Å². The molecule has 2 aromatic rings. The van der Waals surface area contributed by atoms with Gasteiger partial charge in [0.1, 0.15) is 6.04 Å². The van der Waals surface area contributed by atoms with Crippen LogP contribution in [0.1, 0.15) is 65.6 Å². The van der Waals surface area contributed by atoms with E-state index in [4.69, 9.17) is 5.73 Å². The zero-order chi connectivity index (χ0) is 26.6. The second kappa shape index (κ2) is 14.5. The van der Waals surface area contributed by atoms with Crippen LogP contribution < -0.4 is 16.4 Å². The van der Waals surface area contributed by atoms with Crippen molar-refractivity contribution in [3.8, 4) is 10.4 Å². The van der Waals surface area contributed by atoms with Crippen LogP contribution in [0.15, 0.2) is 29.8 Å². The number of aromatic nitrogens is 1. The van der Waals surface area contributed by atoms with Gasteiger partial charge in [-0.1, -0.05) is 58.9 Å². The Kier molecular flexibility index (Phi) is 12.4. The van der Waals surface area contributed by atoms with E-state index in [1.54, 1.807) is 16.2 Å². The van der Waals surface area contributed by atoms with E-state index in [0.717, 1.165) is 36.1 Å². The van der Waals surface area contributed by atoms with Gasteiger partial charge in [-0.05, 0) is 43.2 Å². The van der Waals surface area contributed by atoms with Gasteiger partial charge in [-0.15, -0.1) is 11.3 Å². The topological polar surface area (TPSA) is 117 Å². The number of carbonyl (C=O) groups is 3. The minimum absolute atomic E-state index is 0.0722. The molecule has 1 saturated heterocycles. The van der Waals surface area contributed by atoms with Crippen molar-refractivity contribution in [2.45, 2.75) is 79.9 Å². The molecule has 0 radical (unpaired) electrons. The maximum Gasteiger partial charge on any atom is 0.312 e. The molecule has 4 N–H and O–H groups in total. The van der Waals surface area contributed by atoms with E-state index in [1.165, 1.54) is 4.88 Å². The molecule has 2 unspecified atom stereocenters. The summed E-state index contributed by atoms with van der Waals surface area (Å²) < 4.78 is 0. The third-order valence-corrected chi connectivity index (χ3v) is 6.80. The Morgan fingerprint density at radius 1 is 1.26 bits per heavy atom. The lowest BCUT2D eigenvalue weighted by atomic mass is 9.88. The van der Waals surface area contributed by atoms with Gasteiger partial charge < -0.3 is 21.3 Å². The summed E-state index contributed by atoms with van der Waals surface area (Å²) in [5.74, 6) is -0.0722. The molecule has 0 bridgehead atoms. The minimum Gasteiger partial charge on any atom is -0.352 e. The number of thiazole rings is 1. The number of benzene rings is 1. The van der Waals surface area contributed by atoms with Crippen molar-refractivity contribution in [1.82, 2.24) is 20.5 Å². The van der Waals surface area contributed by atoms with E-state index in [0.29, 0.717) is 13.1 Å². The van der Waals surface area contributed by atoms with Gasteiger partial charge in [-0.25, -0.2) is 9.78 Å². The first kappa shape index (κ1) is 30.1. The molecule has 1 aromatic heterocycles. The molecule has 9 heteroatoms. The minimum atomic E-state index is -0.456. The van der Waals surface area contributed by atoms with Crippen LogP contribution in [0.2, 0.25) is 0 Å². The van der Waals surface area contributed by atoms with Crippen LogP contribution >= 0.6 is 11.3 Å². The molecule has 194 valence electrons. The highest BCUT2D eigenvalue weighted by atomic mass is 32.1. The van der Waals surface area contributed by atoms with Gasteiger partial charge in [-0.2, -0.15) is 0 Å². The standard InChI is InChI=1S/C17H19N3O2S.C7H16N2O.C2H6/c1-12-16(23-10-19-12)14-6-4-13(5-7-14)9-18-17(22)15-3-2-8-20(15)11-21;1-5(7(2,3)4)9-6(8)10;1-2/h4-7,10-11,15H,2-3,8-9H2,1H3,(H,18,22);5H,1-4H3,(H3,8,9,10);1-2H3. The number of nitrogens with two attached hydrogens (primary N) is 1. The first-order valence-electron chi connectivity index (χ1n) is 12.1. The van der Waals surface area contributed by atoms with E-state index in [2.05, 4.69) is 27.8 Å². The van der Waals surface area contributed by atoms with Crippen LogP contribution in [0, 0.1) is 12.3 Å². The zero-order valence-electron chi connectivity index (χ0n) is 22.1. The summed E-state index contributed by atoms with van der Waals surface area (Å²) in [4.78, 5) is 40.5. The third-order valence-electron chi connectivity index (χ3n) is 5.82. The Morgan fingerprint density at radius 2 is 1.89 bits per heavy atom. The van der Waals surface area contributed by atoms with Crippen LogP contribution in [0.25, 0.3) is 10.4 Å². The van der Waals surface area contributed by atoms with Crippen molar-refractivity contribution in [1.29, 1.82) is 0 Å². The van der Waals surface area contributed by atoms with Gasteiger partial charge >= 0.3 is 6.03 Å². The van der Waals surface area contributed by atoms with Crippen LogP contribution in [0.4, 0.5) is 4.79 Å². The van der Waals surface area contributed by atoms with Crippen molar-refractivity contribution < 1.29 is 14.4 Å². The molecule has 0 aliphatic carbocycles. The first-order chi connectivity index (χ1) is 16.5. The molecule has 0 spiro atoms. The zero-order valence-corrected chi connectivity index (χ0v) is 22.9. The molecular weight excluding hydrogens is 462 g/mol. The number of hydrogen-bond acceptors (Lipinski definition) is 5. The van der Waals surface area contributed by atoms with Gasteiger partial charge in [0.2, 0.25) is 12.3 Å². The molecule has 2 heterocycles. The summed E-state index contributed by atoms with van der Waals surface area (Å²) in [5.41, 5.74) is 10.1. The second-order valence-electron chi connectivity index (χ2n) is 9.28. The van der Waals surface area contributed by atoms with Gasteiger partial charge in [0.05, 0.1) is 16.1 Å². The summed E-state index contributed by atoms with van der Waals surface area (Å²) in [5, 5.41) is 5.54. The van der Waals surface area contributed by atoms with Crippen LogP contribution in [0.3, 0.4) is 0 Å². The smallest absolute Gasteiger partial charge is 0.312 e. The van der Waals surface area contributed by atoms with Crippen LogP contribution in [-0.2, 0) is 16.1 Å². The van der Waals surface area contributed by atoms with Gasteiger partial charge in [0.15, 0.2) is 0 Å². The fourth-order valence-corrected chi connectivity index (χ4v) is 4.10. The average Bonchev–Trinajstić information content (AvgIpc) is 3.47. The molecule has 1 aliphatic heterocycles. The van der Waals surface area contributed by atoms with Crippen molar-refractivity contribution in [2.24, 2.45) is 11.1 Å². The highest BCUT2D eigenvalue weighted by Crippen LogP contribution is 2.27. The molecule has 2 atom stereocenters. The van der Waals surface area contributed by atoms with E-state index < -0.39 is 6.03 Å². The second-order valence-corrected chi connectivity index (χ2v) is 10.1. The number of nitrogens with one attached hydrogen (secondary N) is 2.